The van der Waals surface area contributed by atoms with E-state index in [2.05, 4.69) is 26.9 Å². The minimum absolute atomic E-state index is 0.289. The van der Waals surface area contributed by atoms with E-state index in [0.29, 0.717) is 31.9 Å². The Morgan fingerprint density at radius 1 is 0.833 bits per heavy atom. The van der Waals surface area contributed by atoms with Gasteiger partial charge in [-0.05, 0) is 55.2 Å². The zero-order valence-corrected chi connectivity index (χ0v) is 18.4. The highest BCUT2D eigenvalue weighted by atomic mass is 32.2. The number of nitrogens with zero attached hydrogens (tertiary/aromatic N) is 5. The van der Waals surface area contributed by atoms with Gasteiger partial charge in [0.05, 0.1) is 12.0 Å². The summed E-state index contributed by atoms with van der Waals surface area (Å²) in [7, 11) is -1.95. The molecule has 0 atom stereocenters. The molecule has 3 heterocycles. The maximum atomic E-state index is 12.9. The van der Waals surface area contributed by atoms with Gasteiger partial charge in [-0.1, -0.05) is 6.92 Å². The Morgan fingerprint density at radius 3 is 1.87 bits per heavy atom. The van der Waals surface area contributed by atoms with Gasteiger partial charge in [0.25, 0.3) is 0 Å². The molecule has 0 aliphatic carbocycles. The van der Waals surface area contributed by atoms with Crippen molar-refractivity contribution in [2.75, 3.05) is 56.2 Å². The normalized spacial score (nSPS) is 19.1. The minimum atomic E-state index is -3.51. The fourth-order valence-corrected chi connectivity index (χ4v) is 5.37. The highest BCUT2D eigenvalue weighted by Gasteiger charge is 2.29. The van der Waals surface area contributed by atoms with Crippen molar-refractivity contribution in [3.05, 3.63) is 36.4 Å². The van der Waals surface area contributed by atoms with Crippen LogP contribution in [0.25, 0.3) is 0 Å². The van der Waals surface area contributed by atoms with E-state index < -0.39 is 10.0 Å². The monoisotopic (exact) mass is 431 g/mol. The maximum Gasteiger partial charge on any atom is 0.243 e. The van der Waals surface area contributed by atoms with E-state index in [1.807, 2.05) is 12.1 Å². The molecule has 2 aromatic rings. The fourth-order valence-electron chi connectivity index (χ4n) is 3.95. The summed E-state index contributed by atoms with van der Waals surface area (Å²) in [5, 5.41) is 8.84. The van der Waals surface area contributed by atoms with Crippen LogP contribution in [0, 0.1) is 5.92 Å². The van der Waals surface area contributed by atoms with E-state index >= 15 is 0 Å². The molecule has 30 heavy (non-hydrogen) atoms. The highest BCUT2D eigenvalue weighted by Crippen LogP contribution is 2.24. The summed E-state index contributed by atoms with van der Waals surface area (Å²) in [5.74, 6) is 3.14. The smallest absolute Gasteiger partial charge is 0.243 e. The van der Waals surface area contributed by atoms with E-state index in [0.717, 1.165) is 30.6 Å². The Labute approximate surface area is 178 Å². The van der Waals surface area contributed by atoms with E-state index in [9.17, 15) is 8.42 Å². The Morgan fingerprint density at radius 2 is 1.37 bits per heavy atom. The standard InChI is InChI=1S/C21H29N5O3S/c1-17-9-11-24(12-10-17)20-7-8-21(23-22-20)25-13-15-26(16-14-25)30(27,28)19-5-3-18(29-2)4-6-19/h3-8,17H,9-16H2,1-2H3. The number of benzene rings is 1. The predicted octanol–water partition coefficient (Wildman–Crippen LogP) is 2.23. The molecule has 2 aliphatic heterocycles. The summed E-state index contributed by atoms with van der Waals surface area (Å²) in [4.78, 5) is 4.67. The molecule has 0 bridgehead atoms. The third-order valence-electron chi connectivity index (χ3n) is 6.00. The first-order valence-electron chi connectivity index (χ1n) is 10.5. The number of ether oxygens (including phenoxy) is 1. The lowest BCUT2D eigenvalue weighted by atomic mass is 9.99. The first-order valence-corrected chi connectivity index (χ1v) is 11.9. The molecule has 1 aromatic heterocycles. The molecule has 1 aromatic carbocycles. The van der Waals surface area contributed by atoms with Crippen LogP contribution in [0.3, 0.4) is 0 Å². The van der Waals surface area contributed by atoms with Crippen molar-refractivity contribution < 1.29 is 13.2 Å². The van der Waals surface area contributed by atoms with Crippen LogP contribution >= 0.6 is 0 Å². The van der Waals surface area contributed by atoms with Gasteiger partial charge in [-0.15, -0.1) is 10.2 Å². The molecule has 0 N–H and O–H groups in total. The van der Waals surface area contributed by atoms with Crippen molar-refractivity contribution in [3.63, 3.8) is 0 Å². The Kier molecular flexibility index (Phi) is 6.10. The molecule has 8 nitrogen and oxygen atoms in total. The molecule has 0 unspecified atom stereocenters. The maximum absolute atomic E-state index is 12.9. The van der Waals surface area contributed by atoms with Crippen LogP contribution in [-0.2, 0) is 10.0 Å². The van der Waals surface area contributed by atoms with Crippen molar-refractivity contribution in [2.24, 2.45) is 5.92 Å². The van der Waals surface area contributed by atoms with Gasteiger partial charge in [0, 0.05) is 39.3 Å². The van der Waals surface area contributed by atoms with Crippen LogP contribution in [0.15, 0.2) is 41.3 Å². The van der Waals surface area contributed by atoms with E-state index in [-0.39, 0.29) is 4.90 Å². The summed E-state index contributed by atoms with van der Waals surface area (Å²) >= 11 is 0. The molecule has 4 rings (SSSR count). The molecule has 0 spiro atoms. The molecule has 0 amide bonds. The number of anilines is 2. The minimum Gasteiger partial charge on any atom is -0.497 e. The average molecular weight is 432 g/mol. The largest absolute Gasteiger partial charge is 0.497 e. The molecular weight excluding hydrogens is 402 g/mol. The lowest BCUT2D eigenvalue weighted by molar-refractivity contribution is 0.383. The van der Waals surface area contributed by atoms with Crippen LogP contribution < -0.4 is 14.5 Å². The average Bonchev–Trinajstić information content (AvgIpc) is 2.80. The molecule has 9 heteroatoms. The molecule has 2 aliphatic rings. The van der Waals surface area contributed by atoms with Crippen LogP contribution in [-0.4, -0.2) is 69.3 Å². The number of aromatic nitrogens is 2. The number of hydrogen-bond donors (Lipinski definition) is 0. The molecule has 2 fully saturated rings. The summed E-state index contributed by atoms with van der Waals surface area (Å²) in [6, 6.07) is 10.5. The van der Waals surface area contributed by atoms with Crippen molar-refractivity contribution >= 4 is 21.7 Å². The SMILES string of the molecule is COc1ccc(S(=O)(=O)N2CCN(c3ccc(N4CCC(C)CC4)nn3)CC2)cc1. The molecule has 0 saturated carbocycles. The van der Waals surface area contributed by atoms with Gasteiger partial charge in [-0.25, -0.2) is 8.42 Å². The lowest BCUT2D eigenvalue weighted by Crippen LogP contribution is -2.49. The van der Waals surface area contributed by atoms with E-state index in [4.69, 9.17) is 4.74 Å². The molecular formula is C21H29N5O3S. The Balaban J connectivity index is 1.37. The van der Waals surface area contributed by atoms with Gasteiger partial charge in [-0.2, -0.15) is 4.31 Å². The Bertz CT molecular complexity index is 934. The number of piperidine rings is 1. The molecule has 162 valence electrons. The zero-order valence-electron chi connectivity index (χ0n) is 17.6. The second-order valence-electron chi connectivity index (χ2n) is 7.99. The van der Waals surface area contributed by atoms with Gasteiger partial charge < -0.3 is 14.5 Å². The quantitative estimate of drug-likeness (QED) is 0.718. The predicted molar refractivity (Wildman–Crippen MR) is 117 cm³/mol. The van der Waals surface area contributed by atoms with Crippen LogP contribution in [0.4, 0.5) is 11.6 Å². The first kappa shape index (κ1) is 20.9. The number of methoxy groups -OCH3 is 1. The number of sulfonamides is 1. The zero-order chi connectivity index (χ0) is 21.1. The number of piperazine rings is 1. The second kappa shape index (κ2) is 8.77. The second-order valence-corrected chi connectivity index (χ2v) is 9.92. The summed E-state index contributed by atoms with van der Waals surface area (Å²) in [6.45, 7) is 6.35. The third-order valence-corrected chi connectivity index (χ3v) is 7.92. The van der Waals surface area contributed by atoms with Gasteiger partial charge in [0.2, 0.25) is 10.0 Å². The highest BCUT2D eigenvalue weighted by molar-refractivity contribution is 7.89. The lowest BCUT2D eigenvalue weighted by Gasteiger charge is -2.35. The fraction of sp³-hybridized carbons (Fsp3) is 0.524. The number of hydrogen-bond acceptors (Lipinski definition) is 7. The van der Waals surface area contributed by atoms with Crippen LogP contribution in [0.1, 0.15) is 19.8 Å². The Hall–Kier alpha value is -2.39. The van der Waals surface area contributed by atoms with Crippen molar-refractivity contribution in [1.82, 2.24) is 14.5 Å². The van der Waals surface area contributed by atoms with Gasteiger partial charge in [0.15, 0.2) is 11.6 Å². The van der Waals surface area contributed by atoms with Crippen molar-refractivity contribution in [3.8, 4) is 5.75 Å². The molecule has 2 saturated heterocycles. The third kappa shape index (κ3) is 4.37. The van der Waals surface area contributed by atoms with Crippen LogP contribution in [0.2, 0.25) is 0 Å². The first-order chi connectivity index (χ1) is 14.5. The van der Waals surface area contributed by atoms with Gasteiger partial charge in [-0.3, -0.25) is 0 Å². The summed E-state index contributed by atoms with van der Waals surface area (Å²) in [6.07, 6.45) is 2.38. The van der Waals surface area contributed by atoms with Crippen molar-refractivity contribution in [1.29, 1.82) is 0 Å². The van der Waals surface area contributed by atoms with Gasteiger partial charge >= 0.3 is 0 Å². The molecule has 0 radical (unpaired) electrons. The summed E-state index contributed by atoms with van der Waals surface area (Å²) in [5.41, 5.74) is 0. The van der Waals surface area contributed by atoms with E-state index in [1.165, 1.54) is 17.1 Å². The van der Waals surface area contributed by atoms with Gasteiger partial charge in [0.1, 0.15) is 5.75 Å². The van der Waals surface area contributed by atoms with Crippen LogP contribution in [0.5, 0.6) is 5.75 Å². The van der Waals surface area contributed by atoms with E-state index in [1.54, 1.807) is 31.4 Å². The summed E-state index contributed by atoms with van der Waals surface area (Å²) < 4.78 is 32.5. The number of rotatable bonds is 5. The topological polar surface area (TPSA) is 78.9 Å². The van der Waals surface area contributed by atoms with Crippen molar-refractivity contribution in [2.45, 2.75) is 24.7 Å².